The number of rotatable bonds is 6. The van der Waals surface area contributed by atoms with Gasteiger partial charge in [-0.3, -0.25) is 0 Å². The molecule has 0 aromatic heterocycles. The van der Waals surface area contributed by atoms with E-state index in [1.165, 1.54) is 116 Å². The minimum absolute atomic E-state index is 0.546. The van der Waals surface area contributed by atoms with Crippen molar-refractivity contribution in [3.05, 3.63) is 0 Å². The maximum absolute atomic E-state index is 6.94. The molecule has 10 atom stereocenters. The Hall–Kier alpha value is -0.0800. The summed E-state index contributed by atoms with van der Waals surface area (Å²) in [5.41, 5.74) is 0.648. The standard InChI is InChI=1S/C41H70O2/c1-27-13-19-35(25-29(27)3)42-33-21-15-31(16-22-33)41(39-11-7-5-9-37(39)38-10-6-8-12-40(38)41)32-17-23-34(24-18-32)43-36-20-14-28(2)30(4)26-36/h27-40H,5-26H2,1-4H3. The maximum Gasteiger partial charge on any atom is 0.0581 e. The molecule has 246 valence electrons. The van der Waals surface area contributed by atoms with E-state index in [4.69, 9.17) is 9.47 Å². The summed E-state index contributed by atoms with van der Waals surface area (Å²) in [4.78, 5) is 0. The van der Waals surface area contributed by atoms with Crippen LogP contribution in [0, 0.1) is 64.6 Å². The van der Waals surface area contributed by atoms with Gasteiger partial charge in [0.15, 0.2) is 0 Å². The Bertz CT molecular complexity index is 810. The zero-order valence-corrected chi connectivity index (χ0v) is 29.0. The van der Waals surface area contributed by atoms with E-state index in [0.717, 1.165) is 59.2 Å². The molecule has 0 bridgehead atoms. The summed E-state index contributed by atoms with van der Waals surface area (Å²) in [6, 6.07) is 0. The molecule has 2 nitrogen and oxygen atoms in total. The van der Waals surface area contributed by atoms with Gasteiger partial charge in [0.05, 0.1) is 24.4 Å². The zero-order chi connectivity index (χ0) is 29.6. The van der Waals surface area contributed by atoms with Gasteiger partial charge in [-0.2, -0.15) is 0 Å². The molecule has 7 aliphatic carbocycles. The smallest absolute Gasteiger partial charge is 0.0581 e. The minimum Gasteiger partial charge on any atom is -0.375 e. The number of hydrogen-bond donors (Lipinski definition) is 0. The average molecular weight is 595 g/mol. The topological polar surface area (TPSA) is 18.5 Å². The largest absolute Gasteiger partial charge is 0.375 e. The van der Waals surface area contributed by atoms with Gasteiger partial charge in [-0.05, 0) is 180 Å². The van der Waals surface area contributed by atoms with E-state index < -0.39 is 0 Å². The van der Waals surface area contributed by atoms with Gasteiger partial charge in [0.1, 0.15) is 0 Å². The fraction of sp³-hybridized carbons (Fsp3) is 1.00. The molecule has 10 unspecified atom stereocenters. The van der Waals surface area contributed by atoms with Crippen LogP contribution in [0.5, 0.6) is 0 Å². The lowest BCUT2D eigenvalue weighted by Gasteiger charge is -2.57. The summed E-state index contributed by atoms with van der Waals surface area (Å²) in [7, 11) is 0. The van der Waals surface area contributed by atoms with Crippen molar-refractivity contribution in [3.8, 4) is 0 Å². The lowest BCUT2D eigenvalue weighted by Crippen LogP contribution is -2.51. The zero-order valence-electron chi connectivity index (χ0n) is 29.0. The third kappa shape index (κ3) is 6.19. The third-order valence-electron chi connectivity index (χ3n) is 16.1. The van der Waals surface area contributed by atoms with E-state index in [2.05, 4.69) is 27.7 Å². The quantitative estimate of drug-likeness (QED) is 0.304. The SMILES string of the molecule is CC1CCC(OC2CCC(C3(C4CCC(OC5CCC(C)C(C)C5)CC4)C4CCCCC4C4CCCCC43)CC2)CC1C. The highest BCUT2D eigenvalue weighted by atomic mass is 16.5. The Morgan fingerprint density at radius 3 is 1.14 bits per heavy atom. The number of ether oxygens (including phenoxy) is 2. The Kier molecular flexibility index (Phi) is 9.95. The second kappa shape index (κ2) is 13.6. The van der Waals surface area contributed by atoms with Crippen LogP contribution in [0.25, 0.3) is 0 Å². The highest BCUT2D eigenvalue weighted by molar-refractivity contribution is 5.13. The van der Waals surface area contributed by atoms with Crippen LogP contribution in [0.2, 0.25) is 0 Å². The fourth-order valence-electron chi connectivity index (χ4n) is 13.6. The molecule has 0 radical (unpaired) electrons. The summed E-state index contributed by atoms with van der Waals surface area (Å²) < 4.78 is 13.9. The molecule has 7 saturated carbocycles. The monoisotopic (exact) mass is 595 g/mol. The Labute approximate surface area is 267 Å². The number of hydrogen-bond acceptors (Lipinski definition) is 2. The Morgan fingerprint density at radius 2 is 0.744 bits per heavy atom. The maximum atomic E-state index is 6.94. The van der Waals surface area contributed by atoms with E-state index in [-0.39, 0.29) is 0 Å². The Morgan fingerprint density at radius 1 is 0.372 bits per heavy atom. The first-order chi connectivity index (χ1) is 20.9. The summed E-state index contributed by atoms with van der Waals surface area (Å²) in [5.74, 6) is 9.62. The molecule has 0 aromatic rings. The molecule has 0 heterocycles. The van der Waals surface area contributed by atoms with Gasteiger partial charge in [0.25, 0.3) is 0 Å². The van der Waals surface area contributed by atoms with E-state index in [1.54, 1.807) is 25.7 Å². The van der Waals surface area contributed by atoms with Crippen LogP contribution < -0.4 is 0 Å². The second-order valence-electron chi connectivity index (χ2n) is 18.1. The van der Waals surface area contributed by atoms with Gasteiger partial charge in [-0.1, -0.05) is 53.4 Å². The van der Waals surface area contributed by atoms with Gasteiger partial charge in [-0.15, -0.1) is 0 Å². The van der Waals surface area contributed by atoms with Crippen molar-refractivity contribution >= 4 is 0 Å². The van der Waals surface area contributed by atoms with Crippen LogP contribution in [0.1, 0.15) is 169 Å². The third-order valence-corrected chi connectivity index (χ3v) is 16.1. The predicted octanol–water partition coefficient (Wildman–Crippen LogP) is 11.4. The molecule has 0 saturated heterocycles. The predicted molar refractivity (Wildman–Crippen MR) is 179 cm³/mol. The van der Waals surface area contributed by atoms with Crippen LogP contribution in [-0.2, 0) is 9.47 Å². The molecule has 0 amide bonds. The summed E-state index contributed by atoms with van der Waals surface area (Å²) in [5, 5.41) is 0. The molecule has 7 rings (SSSR count). The van der Waals surface area contributed by atoms with Gasteiger partial charge in [-0.25, -0.2) is 0 Å². The van der Waals surface area contributed by atoms with Crippen molar-refractivity contribution < 1.29 is 9.47 Å². The van der Waals surface area contributed by atoms with Gasteiger partial charge in [0, 0.05) is 0 Å². The van der Waals surface area contributed by atoms with Gasteiger partial charge >= 0.3 is 0 Å². The molecule has 7 aliphatic rings. The highest BCUT2D eigenvalue weighted by Crippen LogP contribution is 2.71. The molecule has 43 heavy (non-hydrogen) atoms. The molecule has 0 N–H and O–H groups in total. The summed E-state index contributed by atoms with van der Waals surface area (Å²) in [6.45, 7) is 9.86. The molecule has 0 spiro atoms. The first-order valence-corrected chi connectivity index (χ1v) is 20.2. The van der Waals surface area contributed by atoms with Crippen LogP contribution in [0.15, 0.2) is 0 Å². The highest BCUT2D eigenvalue weighted by Gasteiger charge is 2.65. The van der Waals surface area contributed by atoms with E-state index >= 15 is 0 Å². The van der Waals surface area contributed by atoms with E-state index in [1.807, 2.05) is 0 Å². The van der Waals surface area contributed by atoms with Crippen LogP contribution >= 0.6 is 0 Å². The van der Waals surface area contributed by atoms with E-state index in [0.29, 0.717) is 29.8 Å². The first-order valence-electron chi connectivity index (χ1n) is 20.2. The molecule has 7 fully saturated rings. The number of fused-ring (bicyclic) bond motifs is 3. The van der Waals surface area contributed by atoms with Crippen molar-refractivity contribution in [2.24, 2.45) is 64.6 Å². The normalized spacial score (nSPS) is 52.7. The van der Waals surface area contributed by atoms with Gasteiger partial charge in [0.2, 0.25) is 0 Å². The second-order valence-corrected chi connectivity index (χ2v) is 18.1. The molecule has 0 aliphatic heterocycles. The Balaban J connectivity index is 1.06. The summed E-state index contributed by atoms with van der Waals surface area (Å²) in [6.07, 6.45) is 33.9. The minimum atomic E-state index is 0.546. The average Bonchev–Trinajstić information content (AvgIpc) is 3.33. The lowest BCUT2D eigenvalue weighted by molar-refractivity contribution is -0.123. The van der Waals surface area contributed by atoms with Crippen molar-refractivity contribution in [2.75, 3.05) is 0 Å². The molecule has 0 aromatic carbocycles. The van der Waals surface area contributed by atoms with Crippen molar-refractivity contribution in [1.29, 1.82) is 0 Å². The van der Waals surface area contributed by atoms with Crippen LogP contribution in [-0.4, -0.2) is 24.4 Å². The van der Waals surface area contributed by atoms with Crippen molar-refractivity contribution in [3.63, 3.8) is 0 Å². The van der Waals surface area contributed by atoms with Crippen molar-refractivity contribution in [2.45, 2.75) is 193 Å². The van der Waals surface area contributed by atoms with Crippen molar-refractivity contribution in [1.82, 2.24) is 0 Å². The lowest BCUT2D eigenvalue weighted by atomic mass is 9.48. The molecular weight excluding hydrogens is 524 g/mol. The van der Waals surface area contributed by atoms with E-state index in [9.17, 15) is 0 Å². The van der Waals surface area contributed by atoms with Crippen LogP contribution in [0.4, 0.5) is 0 Å². The summed E-state index contributed by atoms with van der Waals surface area (Å²) >= 11 is 0. The molecular formula is C41H70O2. The van der Waals surface area contributed by atoms with Gasteiger partial charge < -0.3 is 9.47 Å². The fourth-order valence-corrected chi connectivity index (χ4v) is 13.6. The van der Waals surface area contributed by atoms with Crippen LogP contribution in [0.3, 0.4) is 0 Å². The molecule has 2 heteroatoms. The first kappa shape index (κ1) is 31.5.